The molecule has 0 atom stereocenters. The Kier molecular flexibility index (Phi) is 3.15. The van der Waals surface area contributed by atoms with Gasteiger partial charge in [-0.05, 0) is 37.1 Å². The molecule has 0 spiro atoms. The van der Waals surface area contributed by atoms with Crippen LogP contribution in [-0.4, -0.2) is 24.1 Å². The maximum atomic E-state index is 11.9. The van der Waals surface area contributed by atoms with Gasteiger partial charge >= 0.3 is 0 Å². The predicted molar refractivity (Wildman–Crippen MR) is 67.0 cm³/mol. The fraction of sp³-hybridized carbons (Fsp3) is 0.308. The SMILES string of the molecule is CC(C(=O)Nc1cc(C)ccc1O)=C1CNC1. The van der Waals surface area contributed by atoms with E-state index >= 15 is 0 Å². The van der Waals surface area contributed by atoms with Crippen LogP contribution in [0.15, 0.2) is 29.3 Å². The zero-order valence-electron chi connectivity index (χ0n) is 10.0. The highest BCUT2D eigenvalue weighted by Crippen LogP contribution is 2.24. The number of aryl methyl sites for hydroxylation is 1. The van der Waals surface area contributed by atoms with Crippen LogP contribution < -0.4 is 10.6 Å². The highest BCUT2D eigenvalue weighted by Gasteiger charge is 2.16. The third kappa shape index (κ3) is 2.47. The average Bonchev–Trinajstić information content (AvgIpc) is 2.21. The highest BCUT2D eigenvalue weighted by molar-refractivity contribution is 6.04. The van der Waals surface area contributed by atoms with E-state index in [0.29, 0.717) is 5.69 Å². The summed E-state index contributed by atoms with van der Waals surface area (Å²) in [5.74, 6) is -0.0594. The van der Waals surface area contributed by atoms with E-state index in [-0.39, 0.29) is 11.7 Å². The number of benzene rings is 1. The van der Waals surface area contributed by atoms with E-state index < -0.39 is 0 Å². The second-order valence-electron chi connectivity index (χ2n) is 4.31. The number of hydrogen-bond acceptors (Lipinski definition) is 3. The van der Waals surface area contributed by atoms with Crippen LogP contribution in [0.2, 0.25) is 0 Å². The normalized spacial score (nSPS) is 14.1. The lowest BCUT2D eigenvalue weighted by atomic mass is 10.0. The molecule has 1 heterocycles. The third-order valence-corrected chi connectivity index (χ3v) is 2.95. The van der Waals surface area contributed by atoms with Gasteiger partial charge in [-0.2, -0.15) is 0 Å². The van der Waals surface area contributed by atoms with Gasteiger partial charge in [0.15, 0.2) is 0 Å². The van der Waals surface area contributed by atoms with Gasteiger partial charge in [-0.1, -0.05) is 6.07 Å². The maximum Gasteiger partial charge on any atom is 0.251 e. The molecule has 0 bridgehead atoms. The predicted octanol–water partition coefficient (Wildman–Crippen LogP) is 1.56. The summed E-state index contributed by atoms with van der Waals surface area (Å²) in [5, 5.41) is 15.5. The van der Waals surface area contributed by atoms with Crippen molar-refractivity contribution >= 4 is 11.6 Å². The molecule has 0 aromatic heterocycles. The molecule has 1 aromatic rings. The Hall–Kier alpha value is -1.81. The first-order valence-corrected chi connectivity index (χ1v) is 5.58. The van der Waals surface area contributed by atoms with E-state index in [2.05, 4.69) is 10.6 Å². The maximum absolute atomic E-state index is 11.9. The van der Waals surface area contributed by atoms with Gasteiger partial charge in [0, 0.05) is 18.7 Å². The van der Waals surface area contributed by atoms with Crippen molar-refractivity contribution in [3.63, 3.8) is 0 Å². The van der Waals surface area contributed by atoms with Gasteiger partial charge < -0.3 is 15.7 Å². The molecule has 17 heavy (non-hydrogen) atoms. The zero-order valence-corrected chi connectivity index (χ0v) is 10.0. The number of hydrogen-bond donors (Lipinski definition) is 3. The second-order valence-corrected chi connectivity index (χ2v) is 4.31. The lowest BCUT2D eigenvalue weighted by molar-refractivity contribution is -0.112. The summed E-state index contributed by atoms with van der Waals surface area (Å²) in [6.45, 7) is 5.27. The van der Waals surface area contributed by atoms with Gasteiger partial charge in [0.25, 0.3) is 5.91 Å². The van der Waals surface area contributed by atoms with Gasteiger partial charge in [0.05, 0.1) is 5.69 Å². The van der Waals surface area contributed by atoms with Gasteiger partial charge in [-0.25, -0.2) is 0 Å². The molecule has 0 unspecified atom stereocenters. The Morgan fingerprint density at radius 1 is 1.41 bits per heavy atom. The van der Waals surface area contributed by atoms with Gasteiger partial charge in [0.2, 0.25) is 0 Å². The fourth-order valence-electron chi connectivity index (χ4n) is 1.64. The van der Waals surface area contributed by atoms with E-state index in [1.807, 2.05) is 6.92 Å². The van der Waals surface area contributed by atoms with Crippen LogP contribution in [0, 0.1) is 6.92 Å². The summed E-state index contributed by atoms with van der Waals surface area (Å²) < 4.78 is 0. The second kappa shape index (κ2) is 4.59. The summed E-state index contributed by atoms with van der Waals surface area (Å²) in [6.07, 6.45) is 0. The molecule has 1 saturated heterocycles. The molecule has 2 rings (SSSR count). The summed E-state index contributed by atoms with van der Waals surface area (Å²) in [5.41, 5.74) is 3.30. The monoisotopic (exact) mass is 232 g/mol. The largest absolute Gasteiger partial charge is 0.506 e. The van der Waals surface area contributed by atoms with Gasteiger partial charge in [0.1, 0.15) is 5.75 Å². The molecule has 3 N–H and O–H groups in total. The number of phenolic OH excluding ortho intramolecular Hbond substituents is 1. The molecule has 4 heteroatoms. The lowest BCUT2D eigenvalue weighted by Crippen LogP contribution is -2.36. The molecule has 1 fully saturated rings. The lowest BCUT2D eigenvalue weighted by Gasteiger charge is -2.21. The number of aromatic hydroxyl groups is 1. The van der Waals surface area contributed by atoms with Crippen molar-refractivity contribution in [2.45, 2.75) is 13.8 Å². The van der Waals surface area contributed by atoms with Crippen molar-refractivity contribution in [1.29, 1.82) is 0 Å². The van der Waals surface area contributed by atoms with Crippen LogP contribution in [0.4, 0.5) is 5.69 Å². The summed E-state index contributed by atoms with van der Waals surface area (Å²) in [4.78, 5) is 11.9. The van der Waals surface area contributed by atoms with Crippen LogP contribution in [0.3, 0.4) is 0 Å². The first-order chi connectivity index (χ1) is 8.08. The van der Waals surface area contributed by atoms with Crippen LogP contribution >= 0.6 is 0 Å². The first-order valence-electron chi connectivity index (χ1n) is 5.58. The third-order valence-electron chi connectivity index (χ3n) is 2.95. The first kappa shape index (κ1) is 11.7. The Morgan fingerprint density at radius 2 is 2.12 bits per heavy atom. The Bertz CT molecular complexity index is 486. The standard InChI is InChI=1S/C13H16N2O2/c1-8-3-4-12(16)11(5-8)15-13(17)9(2)10-6-14-7-10/h3-5,14,16H,6-7H2,1-2H3,(H,15,17). The molecule has 1 aliphatic heterocycles. The number of carbonyl (C=O) groups is 1. The van der Waals surface area contributed by atoms with Crippen LogP contribution in [-0.2, 0) is 4.79 Å². The molecule has 1 amide bonds. The van der Waals surface area contributed by atoms with E-state index in [9.17, 15) is 9.90 Å². The van der Waals surface area contributed by atoms with Crippen molar-refractivity contribution in [2.24, 2.45) is 0 Å². The number of rotatable bonds is 2. The number of nitrogens with one attached hydrogen (secondary N) is 2. The van der Waals surface area contributed by atoms with Crippen molar-refractivity contribution in [1.82, 2.24) is 5.32 Å². The number of anilines is 1. The molecule has 0 radical (unpaired) electrons. The van der Waals surface area contributed by atoms with Crippen LogP contribution in [0.5, 0.6) is 5.75 Å². The highest BCUT2D eigenvalue weighted by atomic mass is 16.3. The molecular formula is C13H16N2O2. The average molecular weight is 232 g/mol. The molecular weight excluding hydrogens is 216 g/mol. The molecule has 1 aromatic carbocycles. The number of carbonyl (C=O) groups excluding carboxylic acids is 1. The quantitative estimate of drug-likeness (QED) is 0.535. The minimum absolute atomic E-state index is 0.0912. The van der Waals surface area contributed by atoms with E-state index in [4.69, 9.17) is 0 Å². The minimum Gasteiger partial charge on any atom is -0.506 e. The van der Waals surface area contributed by atoms with E-state index in [0.717, 1.165) is 29.8 Å². The van der Waals surface area contributed by atoms with Crippen molar-refractivity contribution in [2.75, 3.05) is 18.4 Å². The molecule has 0 saturated carbocycles. The molecule has 1 aliphatic rings. The number of amides is 1. The smallest absolute Gasteiger partial charge is 0.251 e. The van der Waals surface area contributed by atoms with Crippen LogP contribution in [0.25, 0.3) is 0 Å². The van der Waals surface area contributed by atoms with Crippen molar-refractivity contribution in [3.05, 3.63) is 34.9 Å². The van der Waals surface area contributed by atoms with Crippen molar-refractivity contribution < 1.29 is 9.90 Å². The summed E-state index contributed by atoms with van der Waals surface area (Å²) in [7, 11) is 0. The molecule has 90 valence electrons. The topological polar surface area (TPSA) is 61.4 Å². The minimum atomic E-state index is -0.151. The summed E-state index contributed by atoms with van der Waals surface area (Å²) >= 11 is 0. The van der Waals surface area contributed by atoms with E-state index in [1.54, 1.807) is 25.1 Å². The van der Waals surface area contributed by atoms with Crippen molar-refractivity contribution in [3.8, 4) is 5.75 Å². The molecule has 4 nitrogen and oxygen atoms in total. The Balaban J connectivity index is 2.15. The van der Waals surface area contributed by atoms with E-state index in [1.165, 1.54) is 0 Å². The van der Waals surface area contributed by atoms with Crippen LogP contribution in [0.1, 0.15) is 12.5 Å². The Labute approximate surface area is 100 Å². The molecule has 0 aliphatic carbocycles. The zero-order chi connectivity index (χ0) is 12.4. The summed E-state index contributed by atoms with van der Waals surface area (Å²) in [6, 6.07) is 5.13. The number of phenols is 1. The Morgan fingerprint density at radius 3 is 2.71 bits per heavy atom. The van der Waals surface area contributed by atoms with Gasteiger partial charge in [-0.15, -0.1) is 0 Å². The fourth-order valence-corrected chi connectivity index (χ4v) is 1.64. The van der Waals surface area contributed by atoms with Gasteiger partial charge in [-0.3, -0.25) is 4.79 Å².